The maximum atomic E-state index is 3.49. The van der Waals surface area contributed by atoms with Gasteiger partial charge >= 0.3 is 0 Å². The molecule has 2 rings (SSSR count). The van der Waals surface area contributed by atoms with Crippen LogP contribution in [0, 0.1) is 0 Å². The van der Waals surface area contributed by atoms with Gasteiger partial charge in [-0.15, -0.1) is 0 Å². The Labute approximate surface area is 107 Å². The van der Waals surface area contributed by atoms with Gasteiger partial charge in [0.1, 0.15) is 0 Å². The second-order valence-corrected chi connectivity index (χ2v) is 5.58. The first-order valence-electron chi connectivity index (χ1n) is 7.57. The zero-order chi connectivity index (χ0) is 11.9. The SMILES string of the molecule is CCCN(CCCN1CCCC1)C1CCNC1. The van der Waals surface area contributed by atoms with Crippen LogP contribution in [0.1, 0.15) is 39.0 Å². The number of hydrogen-bond donors (Lipinski definition) is 1. The first-order chi connectivity index (χ1) is 8.40. The Morgan fingerprint density at radius 1 is 1.24 bits per heavy atom. The summed E-state index contributed by atoms with van der Waals surface area (Å²) in [5.41, 5.74) is 0. The van der Waals surface area contributed by atoms with Crippen molar-refractivity contribution in [2.45, 2.75) is 45.1 Å². The lowest BCUT2D eigenvalue weighted by Crippen LogP contribution is -2.39. The third-order valence-electron chi connectivity index (χ3n) is 4.18. The third-order valence-corrected chi connectivity index (χ3v) is 4.18. The Bertz CT molecular complexity index is 196. The monoisotopic (exact) mass is 239 g/mol. The first-order valence-corrected chi connectivity index (χ1v) is 7.57. The lowest BCUT2D eigenvalue weighted by Gasteiger charge is -2.28. The van der Waals surface area contributed by atoms with Crippen LogP contribution in [-0.4, -0.2) is 61.7 Å². The number of hydrogen-bond acceptors (Lipinski definition) is 3. The van der Waals surface area contributed by atoms with Gasteiger partial charge in [-0.05, 0) is 71.4 Å². The summed E-state index contributed by atoms with van der Waals surface area (Å²) in [5, 5.41) is 3.49. The molecule has 0 bridgehead atoms. The molecule has 0 aromatic heterocycles. The summed E-state index contributed by atoms with van der Waals surface area (Å²) >= 11 is 0. The van der Waals surface area contributed by atoms with E-state index in [4.69, 9.17) is 0 Å². The third kappa shape index (κ3) is 4.23. The minimum Gasteiger partial charge on any atom is -0.315 e. The standard InChI is InChI=1S/C14H29N3/c1-2-8-17(14-6-7-15-13-14)12-5-11-16-9-3-4-10-16/h14-15H,2-13H2,1H3. The van der Waals surface area contributed by atoms with Crippen LogP contribution in [0.5, 0.6) is 0 Å². The zero-order valence-corrected chi connectivity index (χ0v) is 11.5. The Morgan fingerprint density at radius 2 is 2.06 bits per heavy atom. The molecule has 1 atom stereocenters. The van der Waals surface area contributed by atoms with Crippen molar-refractivity contribution in [2.75, 3.05) is 45.8 Å². The molecule has 0 amide bonds. The van der Waals surface area contributed by atoms with Gasteiger partial charge in [0.15, 0.2) is 0 Å². The number of nitrogens with one attached hydrogen (secondary N) is 1. The van der Waals surface area contributed by atoms with Crippen molar-refractivity contribution >= 4 is 0 Å². The molecule has 1 unspecified atom stereocenters. The van der Waals surface area contributed by atoms with Crippen LogP contribution in [0.4, 0.5) is 0 Å². The first kappa shape index (κ1) is 13.3. The Kier molecular flexibility index (Phi) is 5.75. The summed E-state index contributed by atoms with van der Waals surface area (Å²) in [6.07, 6.45) is 6.84. The van der Waals surface area contributed by atoms with Gasteiger partial charge in [-0.1, -0.05) is 6.92 Å². The molecule has 2 aliphatic rings. The molecule has 3 heteroatoms. The number of likely N-dealkylation sites (tertiary alicyclic amines) is 1. The van der Waals surface area contributed by atoms with E-state index in [9.17, 15) is 0 Å². The van der Waals surface area contributed by atoms with Crippen molar-refractivity contribution in [3.63, 3.8) is 0 Å². The van der Waals surface area contributed by atoms with E-state index in [2.05, 4.69) is 22.0 Å². The average molecular weight is 239 g/mol. The average Bonchev–Trinajstić information content (AvgIpc) is 3.01. The van der Waals surface area contributed by atoms with Gasteiger partial charge in [0, 0.05) is 12.6 Å². The quantitative estimate of drug-likeness (QED) is 0.727. The van der Waals surface area contributed by atoms with Crippen LogP contribution in [0.25, 0.3) is 0 Å². The minimum absolute atomic E-state index is 0.813. The summed E-state index contributed by atoms with van der Waals surface area (Å²) in [7, 11) is 0. The van der Waals surface area contributed by atoms with E-state index in [1.54, 1.807) is 0 Å². The van der Waals surface area contributed by atoms with E-state index in [-0.39, 0.29) is 0 Å². The van der Waals surface area contributed by atoms with Crippen molar-refractivity contribution in [3.8, 4) is 0 Å². The van der Waals surface area contributed by atoms with Crippen molar-refractivity contribution in [1.82, 2.24) is 15.1 Å². The molecule has 0 aromatic rings. The molecular weight excluding hydrogens is 210 g/mol. The van der Waals surface area contributed by atoms with Gasteiger partial charge in [-0.3, -0.25) is 4.90 Å². The van der Waals surface area contributed by atoms with Gasteiger partial charge < -0.3 is 10.2 Å². The molecule has 0 spiro atoms. The maximum Gasteiger partial charge on any atom is 0.0232 e. The van der Waals surface area contributed by atoms with Gasteiger partial charge in [0.25, 0.3) is 0 Å². The summed E-state index contributed by atoms with van der Waals surface area (Å²) < 4.78 is 0. The Balaban J connectivity index is 1.65. The van der Waals surface area contributed by atoms with Crippen LogP contribution in [0.2, 0.25) is 0 Å². The molecule has 0 aliphatic carbocycles. The highest BCUT2D eigenvalue weighted by atomic mass is 15.2. The summed E-state index contributed by atoms with van der Waals surface area (Å²) in [6.45, 7) is 11.3. The highest BCUT2D eigenvalue weighted by Gasteiger charge is 2.21. The normalized spacial score (nSPS) is 26.1. The van der Waals surface area contributed by atoms with Crippen molar-refractivity contribution < 1.29 is 0 Å². The summed E-state index contributed by atoms with van der Waals surface area (Å²) in [6, 6.07) is 0.813. The van der Waals surface area contributed by atoms with E-state index in [1.807, 2.05) is 0 Å². The van der Waals surface area contributed by atoms with Crippen molar-refractivity contribution in [1.29, 1.82) is 0 Å². The molecule has 0 saturated carbocycles. The van der Waals surface area contributed by atoms with Crippen LogP contribution < -0.4 is 5.32 Å². The van der Waals surface area contributed by atoms with Crippen LogP contribution in [0.3, 0.4) is 0 Å². The predicted molar refractivity (Wildman–Crippen MR) is 73.4 cm³/mol. The van der Waals surface area contributed by atoms with E-state index in [0.717, 1.165) is 6.04 Å². The molecule has 0 aromatic carbocycles. The topological polar surface area (TPSA) is 18.5 Å². The lowest BCUT2D eigenvalue weighted by molar-refractivity contribution is 0.194. The molecule has 1 N–H and O–H groups in total. The number of rotatable bonds is 7. The van der Waals surface area contributed by atoms with E-state index >= 15 is 0 Å². The molecule has 2 fully saturated rings. The molecule has 0 radical (unpaired) electrons. The fraction of sp³-hybridized carbons (Fsp3) is 1.00. The largest absolute Gasteiger partial charge is 0.315 e. The second kappa shape index (κ2) is 7.34. The zero-order valence-electron chi connectivity index (χ0n) is 11.5. The van der Waals surface area contributed by atoms with Crippen LogP contribution in [0.15, 0.2) is 0 Å². The Morgan fingerprint density at radius 3 is 2.71 bits per heavy atom. The predicted octanol–water partition coefficient (Wildman–Crippen LogP) is 1.55. The molecule has 17 heavy (non-hydrogen) atoms. The highest BCUT2D eigenvalue weighted by Crippen LogP contribution is 2.12. The van der Waals surface area contributed by atoms with Crippen molar-refractivity contribution in [3.05, 3.63) is 0 Å². The van der Waals surface area contributed by atoms with E-state index < -0.39 is 0 Å². The fourth-order valence-electron chi connectivity index (χ4n) is 3.22. The van der Waals surface area contributed by atoms with Crippen LogP contribution in [-0.2, 0) is 0 Å². The van der Waals surface area contributed by atoms with E-state index in [1.165, 1.54) is 77.9 Å². The van der Waals surface area contributed by atoms with Gasteiger partial charge in [-0.2, -0.15) is 0 Å². The van der Waals surface area contributed by atoms with Crippen LogP contribution >= 0.6 is 0 Å². The minimum atomic E-state index is 0.813. The molecular formula is C14H29N3. The van der Waals surface area contributed by atoms with Crippen molar-refractivity contribution in [2.24, 2.45) is 0 Å². The smallest absolute Gasteiger partial charge is 0.0232 e. The fourth-order valence-corrected chi connectivity index (χ4v) is 3.22. The maximum absolute atomic E-state index is 3.49. The Hall–Kier alpha value is -0.120. The molecule has 3 nitrogen and oxygen atoms in total. The van der Waals surface area contributed by atoms with E-state index in [0.29, 0.717) is 0 Å². The second-order valence-electron chi connectivity index (χ2n) is 5.58. The molecule has 2 heterocycles. The molecule has 2 saturated heterocycles. The van der Waals surface area contributed by atoms with Gasteiger partial charge in [0.05, 0.1) is 0 Å². The summed E-state index contributed by atoms with van der Waals surface area (Å²) in [5.74, 6) is 0. The highest BCUT2D eigenvalue weighted by molar-refractivity contribution is 4.80. The molecule has 100 valence electrons. The number of nitrogens with zero attached hydrogens (tertiary/aromatic N) is 2. The van der Waals surface area contributed by atoms with Gasteiger partial charge in [-0.25, -0.2) is 0 Å². The summed E-state index contributed by atoms with van der Waals surface area (Å²) in [4.78, 5) is 5.35. The lowest BCUT2D eigenvalue weighted by atomic mass is 10.2. The molecule has 2 aliphatic heterocycles. The van der Waals surface area contributed by atoms with Gasteiger partial charge in [0.2, 0.25) is 0 Å².